The zero-order valence-electron chi connectivity index (χ0n) is 6.87. The van der Waals surface area contributed by atoms with Crippen molar-refractivity contribution in [2.75, 3.05) is 0 Å². The minimum absolute atomic E-state index is 0. The molecule has 0 heterocycles. The third kappa shape index (κ3) is 4060. The second kappa shape index (κ2) is 137. The van der Waals surface area contributed by atoms with Crippen LogP contribution in [0.4, 0.5) is 0 Å². The summed E-state index contributed by atoms with van der Waals surface area (Å²) in [6.07, 6.45) is 2.75. The molecule has 0 bridgehead atoms. The van der Waals surface area contributed by atoms with Gasteiger partial charge in [0, 0.05) is 26.4 Å². The summed E-state index contributed by atoms with van der Waals surface area (Å²) in [6, 6.07) is 0. The van der Waals surface area contributed by atoms with Crippen LogP contribution >= 0.6 is 0 Å². The second-order valence-electron chi connectivity index (χ2n) is 0.391. The molecule has 0 amide bonds. The quantitative estimate of drug-likeness (QED) is 0.267. The van der Waals surface area contributed by atoms with E-state index in [0.717, 1.165) is 18.8 Å². The summed E-state index contributed by atoms with van der Waals surface area (Å²) in [5.41, 5.74) is 0. The van der Waals surface area contributed by atoms with Gasteiger partial charge in [-0.25, -0.2) is 5.26 Å². The van der Waals surface area contributed by atoms with Gasteiger partial charge in [0.25, 0.3) is 18.8 Å². The number of rotatable bonds is 0. The van der Waals surface area contributed by atoms with Crippen LogP contribution in [-0.4, -0.2) is 15.3 Å². The summed E-state index contributed by atoms with van der Waals surface area (Å²) in [5.74, 6) is 0. The largest absolute Gasteiger partial charge is 1.00 e. The Morgan fingerprint density at radius 3 is 0.786 bits per heavy atom. The van der Waals surface area contributed by atoms with Gasteiger partial charge in [-0.05, 0) is 0 Å². The number of hydrogen-bond donors (Lipinski definition) is 3. The van der Waals surface area contributed by atoms with Crippen molar-refractivity contribution in [3.63, 3.8) is 0 Å². The van der Waals surface area contributed by atoms with E-state index in [4.69, 9.17) is 41.5 Å². The first-order chi connectivity index (χ1) is 5.66. The average Bonchev–Trinajstić information content (AvgIpc) is 1.92. The van der Waals surface area contributed by atoms with E-state index < -0.39 is 0 Å². The minimum atomic E-state index is 0. The summed E-state index contributed by atoms with van der Waals surface area (Å²) < 4.78 is 0. The molecule has 0 aromatic heterocycles. The van der Waals surface area contributed by atoms with E-state index in [1.807, 2.05) is 0 Å². The van der Waals surface area contributed by atoms with Gasteiger partial charge in [0.1, 0.15) is 0 Å². The predicted molar refractivity (Wildman–Crippen MR) is 28.3 cm³/mol. The molecular formula is C4H3IrKN4O4. The van der Waals surface area contributed by atoms with E-state index in [1.54, 1.807) is 0 Å². The first-order valence-corrected chi connectivity index (χ1v) is 1.77. The van der Waals surface area contributed by atoms with E-state index in [2.05, 4.69) is 0 Å². The molecule has 3 N–H and O–H groups in total. The van der Waals surface area contributed by atoms with Crippen LogP contribution in [0.3, 0.4) is 0 Å². The predicted octanol–water partition coefficient (Wildman–Crippen LogP) is -4.65. The molecule has 0 aliphatic carbocycles. The molecule has 0 fully saturated rings. The maximum Gasteiger partial charge on any atom is 1.00 e. The van der Waals surface area contributed by atoms with Gasteiger partial charge in [0.05, 0.1) is 0 Å². The monoisotopic (exact) mass is 403 g/mol. The van der Waals surface area contributed by atoms with Crippen LogP contribution < -0.4 is 56.5 Å². The maximum atomic E-state index is 8.24. The summed E-state index contributed by atoms with van der Waals surface area (Å²) in [7, 11) is 0. The van der Waals surface area contributed by atoms with Crippen molar-refractivity contribution in [1.29, 1.82) is 21.0 Å². The molecule has 8 nitrogen and oxygen atoms in total. The van der Waals surface area contributed by atoms with Crippen LogP contribution in [0.5, 0.6) is 0 Å². The zero-order valence-corrected chi connectivity index (χ0v) is 12.4. The Balaban J connectivity index is -0.0000000145. The molecule has 73 valence electrons. The van der Waals surface area contributed by atoms with Crippen molar-refractivity contribution in [3.05, 3.63) is 0 Å². The van der Waals surface area contributed by atoms with Gasteiger partial charge in [-0.2, -0.15) is 15.8 Å². The number of nitriles is 4. The van der Waals surface area contributed by atoms with E-state index in [1.165, 1.54) is 0 Å². The molecule has 0 saturated heterocycles. The van der Waals surface area contributed by atoms with E-state index in [9.17, 15) is 0 Å². The van der Waals surface area contributed by atoms with Gasteiger partial charge in [-0.3, -0.25) is 0 Å². The fraction of sp³-hybridized carbons (Fsp3) is 0. The van der Waals surface area contributed by atoms with Crippen molar-refractivity contribution < 1.29 is 91.9 Å². The third-order valence-corrected chi connectivity index (χ3v) is 0. The minimum Gasteiger partial charge on any atom is -0.812 e. The summed E-state index contributed by atoms with van der Waals surface area (Å²) in [6.45, 7) is 0. The second-order valence-corrected chi connectivity index (χ2v) is 0.391. The third-order valence-electron chi connectivity index (χ3n) is 0. The van der Waals surface area contributed by atoms with Crippen molar-refractivity contribution in [3.8, 4) is 25.0 Å². The van der Waals surface area contributed by atoms with E-state index in [-0.39, 0.29) is 71.5 Å². The van der Waals surface area contributed by atoms with Crippen LogP contribution in [0.1, 0.15) is 0 Å². The molecule has 0 aromatic rings. The molecule has 0 aromatic carbocycles. The molecule has 0 aliphatic rings. The number of nitrogens with zero attached hydrogens (tertiary/aromatic N) is 4. The van der Waals surface area contributed by atoms with Crippen molar-refractivity contribution >= 4 is 0 Å². The summed E-state index contributed by atoms with van der Waals surface area (Å²) in [5, 5.41) is 56.2. The molecule has 14 heavy (non-hydrogen) atoms. The Hall–Kier alpha value is -0.554. The zero-order chi connectivity index (χ0) is 10.8. The van der Waals surface area contributed by atoms with Crippen LogP contribution in [0.25, 0.3) is 0 Å². The fourth-order valence-corrected chi connectivity index (χ4v) is 0. The molecule has 0 aliphatic heterocycles. The molecule has 0 rings (SSSR count). The average molecular weight is 402 g/mol. The first-order valence-electron chi connectivity index (χ1n) is 1.77. The van der Waals surface area contributed by atoms with Gasteiger partial charge in [0.15, 0.2) is 0 Å². The molecule has 0 spiro atoms. The SMILES string of the molecule is N#CO.N#CO.N#CO.N#C[O-].[Ir].[K+]. The van der Waals surface area contributed by atoms with Gasteiger partial charge in [-0.15, -0.1) is 0 Å². The number of aliphatic hydroxyl groups excluding tert-OH is 3. The number of hydrogen-bond acceptors (Lipinski definition) is 8. The molecular weight excluding hydrogens is 399 g/mol. The van der Waals surface area contributed by atoms with Crippen molar-refractivity contribution in [2.24, 2.45) is 0 Å². The molecule has 10 heteroatoms. The van der Waals surface area contributed by atoms with Crippen LogP contribution in [0, 0.1) is 46.1 Å². The molecule has 0 unspecified atom stereocenters. The van der Waals surface area contributed by atoms with Crippen LogP contribution in [-0.2, 0) is 20.1 Å². The van der Waals surface area contributed by atoms with E-state index in [0.29, 0.717) is 6.26 Å². The number of aliphatic hydroxyl groups is 3. The summed E-state index contributed by atoms with van der Waals surface area (Å²) >= 11 is 0. The van der Waals surface area contributed by atoms with Crippen LogP contribution in [0.15, 0.2) is 0 Å². The standard InChI is InChI=1S/4CHNO.Ir.K/c4*2-1-3;;/h4*3H;;/q;;;;;+1/p-1. The Morgan fingerprint density at radius 1 is 0.786 bits per heavy atom. The Morgan fingerprint density at radius 2 is 0.786 bits per heavy atom. The van der Waals surface area contributed by atoms with Crippen molar-refractivity contribution in [1.82, 2.24) is 0 Å². The van der Waals surface area contributed by atoms with Gasteiger partial charge in [0.2, 0.25) is 0 Å². The first kappa shape index (κ1) is 37.6. The Labute approximate surface area is 136 Å². The smallest absolute Gasteiger partial charge is 0.812 e. The summed E-state index contributed by atoms with van der Waals surface area (Å²) in [4.78, 5) is 0. The van der Waals surface area contributed by atoms with Crippen LogP contribution in [0.2, 0.25) is 0 Å². The van der Waals surface area contributed by atoms with E-state index >= 15 is 0 Å². The van der Waals surface area contributed by atoms with Gasteiger partial charge in [-0.1, -0.05) is 0 Å². The molecule has 0 atom stereocenters. The maximum absolute atomic E-state index is 8.24. The molecule has 0 saturated carbocycles. The van der Waals surface area contributed by atoms with Gasteiger partial charge < -0.3 is 20.4 Å². The molecule has 1 radical (unpaired) electrons. The van der Waals surface area contributed by atoms with Crippen molar-refractivity contribution in [2.45, 2.75) is 0 Å². The topological polar surface area (TPSA) is 179 Å². The normalized spacial score (nSPS) is 2.00. The fourth-order valence-electron chi connectivity index (χ4n) is 0. The van der Waals surface area contributed by atoms with Gasteiger partial charge >= 0.3 is 51.4 Å². The Bertz CT molecular complexity index is 163. The Kier molecular flexibility index (Phi) is 368.